The minimum absolute atomic E-state index is 0.0794. The van der Waals surface area contributed by atoms with Crippen molar-refractivity contribution >= 4 is 15.9 Å². The Bertz CT molecular complexity index is 1120. The number of furan rings is 1. The number of hydrogen-bond donors (Lipinski definition) is 2. The predicted octanol–water partition coefficient (Wildman–Crippen LogP) is 3.84. The van der Waals surface area contributed by atoms with Crippen LogP contribution >= 0.6 is 0 Å². The van der Waals surface area contributed by atoms with Crippen molar-refractivity contribution in [3.8, 4) is 11.3 Å². The van der Waals surface area contributed by atoms with Gasteiger partial charge in [-0.15, -0.1) is 0 Å². The smallest absolute Gasteiger partial charge is 0.287 e. The minimum atomic E-state index is -3.39. The van der Waals surface area contributed by atoms with Gasteiger partial charge in [-0.3, -0.25) is 4.79 Å². The van der Waals surface area contributed by atoms with Gasteiger partial charge in [0.15, 0.2) is 5.76 Å². The third kappa shape index (κ3) is 5.77. The lowest BCUT2D eigenvalue weighted by molar-refractivity contribution is 0.0924. The zero-order chi connectivity index (χ0) is 21.7. The summed E-state index contributed by atoms with van der Waals surface area (Å²) in [5, 5.41) is 2.73. The van der Waals surface area contributed by atoms with Crippen molar-refractivity contribution in [3.05, 3.63) is 83.4 Å². The first-order valence-electron chi connectivity index (χ1n) is 9.44. The van der Waals surface area contributed by atoms with Gasteiger partial charge < -0.3 is 9.73 Å². The summed E-state index contributed by atoms with van der Waals surface area (Å²) < 4.78 is 45.9. The lowest BCUT2D eigenvalue weighted by Gasteiger charge is -2.10. The topological polar surface area (TPSA) is 88.4 Å². The van der Waals surface area contributed by atoms with Gasteiger partial charge in [0.05, 0.1) is 11.3 Å². The molecule has 0 fully saturated rings. The highest BCUT2D eigenvalue weighted by atomic mass is 32.2. The van der Waals surface area contributed by atoms with Gasteiger partial charge in [0.25, 0.3) is 5.91 Å². The van der Waals surface area contributed by atoms with Gasteiger partial charge in [0.2, 0.25) is 10.0 Å². The van der Waals surface area contributed by atoms with Crippen molar-refractivity contribution in [1.82, 2.24) is 10.0 Å². The quantitative estimate of drug-likeness (QED) is 0.568. The fraction of sp³-hybridized carbons (Fsp3) is 0.227. The molecule has 0 aliphatic rings. The SMILES string of the molecule is CC(C)NS(=O)(=O)Cc1ccc(CNC(=O)c2ccc(-c3ccccc3F)o2)cc1. The minimum Gasteiger partial charge on any atom is -0.451 e. The molecule has 0 bridgehead atoms. The summed E-state index contributed by atoms with van der Waals surface area (Å²) in [6.07, 6.45) is 0. The number of hydrogen-bond acceptors (Lipinski definition) is 4. The molecule has 0 saturated heterocycles. The molecule has 6 nitrogen and oxygen atoms in total. The molecule has 8 heteroatoms. The summed E-state index contributed by atoms with van der Waals surface area (Å²) in [7, 11) is -3.39. The van der Waals surface area contributed by atoms with Crippen LogP contribution in [0.5, 0.6) is 0 Å². The van der Waals surface area contributed by atoms with E-state index in [1.807, 2.05) is 0 Å². The molecular formula is C22H23FN2O4S. The predicted molar refractivity (Wildman–Crippen MR) is 113 cm³/mol. The Morgan fingerprint density at radius 1 is 1.00 bits per heavy atom. The van der Waals surface area contributed by atoms with E-state index in [2.05, 4.69) is 10.0 Å². The van der Waals surface area contributed by atoms with Crippen LogP contribution in [-0.2, 0) is 22.3 Å². The molecule has 0 saturated carbocycles. The second kappa shape index (κ2) is 9.23. The molecule has 3 aromatic rings. The lowest BCUT2D eigenvalue weighted by Crippen LogP contribution is -2.31. The van der Waals surface area contributed by atoms with Crippen LogP contribution in [0.4, 0.5) is 4.39 Å². The van der Waals surface area contributed by atoms with Crippen molar-refractivity contribution in [2.45, 2.75) is 32.2 Å². The molecule has 0 atom stereocenters. The first-order chi connectivity index (χ1) is 14.2. The fourth-order valence-electron chi connectivity index (χ4n) is 2.91. The van der Waals surface area contributed by atoms with E-state index in [0.29, 0.717) is 5.56 Å². The molecule has 0 aliphatic carbocycles. The molecule has 1 aromatic heterocycles. The van der Waals surface area contributed by atoms with Gasteiger partial charge in [0.1, 0.15) is 11.6 Å². The van der Waals surface area contributed by atoms with E-state index in [1.165, 1.54) is 12.1 Å². The average molecular weight is 431 g/mol. The molecule has 3 rings (SSSR count). The molecule has 0 unspecified atom stereocenters. The fourth-order valence-corrected chi connectivity index (χ4v) is 4.34. The number of halogens is 1. The van der Waals surface area contributed by atoms with E-state index >= 15 is 0 Å². The number of nitrogens with one attached hydrogen (secondary N) is 2. The largest absolute Gasteiger partial charge is 0.451 e. The van der Waals surface area contributed by atoms with Crippen LogP contribution in [0.3, 0.4) is 0 Å². The molecular weight excluding hydrogens is 407 g/mol. The number of rotatable bonds is 8. The molecule has 2 N–H and O–H groups in total. The molecule has 0 spiro atoms. The van der Waals surface area contributed by atoms with Crippen LogP contribution in [0.25, 0.3) is 11.3 Å². The maximum absolute atomic E-state index is 13.9. The summed E-state index contributed by atoms with van der Waals surface area (Å²) in [6.45, 7) is 3.77. The van der Waals surface area contributed by atoms with Gasteiger partial charge in [-0.05, 0) is 49.2 Å². The Kier molecular flexibility index (Phi) is 6.69. The number of sulfonamides is 1. The van der Waals surface area contributed by atoms with Gasteiger partial charge in [-0.25, -0.2) is 17.5 Å². The van der Waals surface area contributed by atoms with Crippen LogP contribution in [-0.4, -0.2) is 20.4 Å². The molecule has 1 heterocycles. The highest BCUT2D eigenvalue weighted by Gasteiger charge is 2.15. The number of amides is 1. The van der Waals surface area contributed by atoms with Crippen molar-refractivity contribution in [3.63, 3.8) is 0 Å². The second-order valence-electron chi connectivity index (χ2n) is 7.17. The third-order valence-electron chi connectivity index (χ3n) is 4.22. The van der Waals surface area contributed by atoms with E-state index in [9.17, 15) is 17.6 Å². The van der Waals surface area contributed by atoms with Gasteiger partial charge in [-0.1, -0.05) is 36.4 Å². The van der Waals surface area contributed by atoms with E-state index in [-0.39, 0.29) is 35.4 Å². The number of carbonyl (C=O) groups excluding carboxylic acids is 1. The Hall–Kier alpha value is -2.97. The molecule has 0 radical (unpaired) electrons. The maximum atomic E-state index is 13.9. The summed E-state index contributed by atoms with van der Waals surface area (Å²) >= 11 is 0. The zero-order valence-electron chi connectivity index (χ0n) is 16.7. The van der Waals surface area contributed by atoms with Crippen molar-refractivity contribution < 1.29 is 22.0 Å². The summed E-state index contributed by atoms with van der Waals surface area (Å²) in [5.74, 6) is -0.604. The molecule has 30 heavy (non-hydrogen) atoms. The second-order valence-corrected chi connectivity index (χ2v) is 8.93. The first kappa shape index (κ1) is 21.7. The summed E-state index contributed by atoms with van der Waals surface area (Å²) in [5.41, 5.74) is 1.75. The van der Waals surface area contributed by atoms with E-state index in [4.69, 9.17) is 4.42 Å². The van der Waals surface area contributed by atoms with Crippen molar-refractivity contribution in [2.75, 3.05) is 0 Å². The van der Waals surface area contributed by atoms with Crippen LogP contribution in [0.1, 0.15) is 35.5 Å². The van der Waals surface area contributed by atoms with E-state index in [0.717, 1.165) is 5.56 Å². The molecule has 0 aliphatic heterocycles. The summed E-state index contributed by atoms with van der Waals surface area (Å²) in [6, 6.07) is 16.0. The standard InChI is InChI=1S/C22H23FN2O4S/c1-15(2)25-30(27,28)14-17-9-7-16(8-10-17)13-24-22(26)21-12-11-20(29-21)18-5-3-4-6-19(18)23/h3-12,15,25H,13-14H2,1-2H3,(H,24,26). The molecule has 1 amide bonds. The lowest BCUT2D eigenvalue weighted by atomic mass is 10.1. The van der Waals surface area contributed by atoms with Crippen molar-refractivity contribution in [1.29, 1.82) is 0 Å². The van der Waals surface area contributed by atoms with Crippen LogP contribution < -0.4 is 10.0 Å². The van der Waals surface area contributed by atoms with Crippen LogP contribution in [0, 0.1) is 5.82 Å². The van der Waals surface area contributed by atoms with Gasteiger partial charge >= 0.3 is 0 Å². The first-order valence-corrected chi connectivity index (χ1v) is 11.1. The highest BCUT2D eigenvalue weighted by molar-refractivity contribution is 7.88. The Balaban J connectivity index is 1.58. The highest BCUT2D eigenvalue weighted by Crippen LogP contribution is 2.24. The van der Waals surface area contributed by atoms with Crippen LogP contribution in [0.15, 0.2) is 65.1 Å². The Labute approximate surface area is 175 Å². The van der Waals surface area contributed by atoms with Crippen molar-refractivity contribution in [2.24, 2.45) is 0 Å². The van der Waals surface area contributed by atoms with E-state index in [1.54, 1.807) is 62.4 Å². The normalized spacial score (nSPS) is 11.6. The molecule has 158 valence electrons. The van der Waals surface area contributed by atoms with E-state index < -0.39 is 21.7 Å². The third-order valence-corrected chi connectivity index (χ3v) is 5.76. The zero-order valence-corrected chi connectivity index (χ0v) is 17.5. The average Bonchev–Trinajstić information content (AvgIpc) is 3.16. The Morgan fingerprint density at radius 3 is 2.33 bits per heavy atom. The monoisotopic (exact) mass is 430 g/mol. The van der Waals surface area contributed by atoms with Gasteiger partial charge in [0, 0.05) is 12.6 Å². The number of benzene rings is 2. The molecule has 2 aromatic carbocycles. The van der Waals surface area contributed by atoms with Crippen LogP contribution in [0.2, 0.25) is 0 Å². The van der Waals surface area contributed by atoms with Gasteiger partial charge in [-0.2, -0.15) is 0 Å². The Morgan fingerprint density at radius 2 is 1.67 bits per heavy atom. The summed E-state index contributed by atoms with van der Waals surface area (Å²) in [4.78, 5) is 12.3. The number of carbonyl (C=O) groups is 1. The maximum Gasteiger partial charge on any atom is 0.287 e.